The smallest absolute Gasteiger partial charge is 0.227 e. The molecule has 1 aliphatic carbocycles. The zero-order valence-electron chi connectivity index (χ0n) is 13.8. The third kappa shape index (κ3) is 3.85. The molecule has 0 aromatic carbocycles. The van der Waals surface area contributed by atoms with Crippen LogP contribution in [0.1, 0.15) is 36.9 Å². The molecule has 4 rings (SSSR count). The van der Waals surface area contributed by atoms with Crippen LogP contribution in [0.5, 0.6) is 0 Å². The summed E-state index contributed by atoms with van der Waals surface area (Å²) in [7, 11) is 0. The minimum atomic E-state index is 0.593. The Labute approximate surface area is 154 Å². The minimum Gasteiger partial charge on any atom is -0.339 e. The lowest BCUT2D eigenvalue weighted by atomic mass is 10.3. The van der Waals surface area contributed by atoms with E-state index in [-0.39, 0.29) is 0 Å². The third-order valence-electron chi connectivity index (χ3n) is 3.98. The summed E-state index contributed by atoms with van der Waals surface area (Å²) in [5.74, 6) is 4.01. The van der Waals surface area contributed by atoms with E-state index in [1.54, 1.807) is 23.1 Å². The topological polar surface area (TPSA) is 69.6 Å². The van der Waals surface area contributed by atoms with Gasteiger partial charge in [-0.2, -0.15) is 4.98 Å². The Bertz CT molecular complexity index is 835. The SMILES string of the molecule is C=CCn1c(SCCCc2nc(-c3cccs3)no2)nnc1C1CC1. The van der Waals surface area contributed by atoms with Crippen molar-refractivity contribution < 1.29 is 4.52 Å². The molecule has 0 spiro atoms. The summed E-state index contributed by atoms with van der Waals surface area (Å²) in [5.41, 5.74) is 0. The summed E-state index contributed by atoms with van der Waals surface area (Å²) in [5, 5.41) is 15.8. The van der Waals surface area contributed by atoms with Gasteiger partial charge >= 0.3 is 0 Å². The number of hydrogen-bond donors (Lipinski definition) is 0. The average molecular weight is 374 g/mol. The normalized spacial score (nSPS) is 14.1. The summed E-state index contributed by atoms with van der Waals surface area (Å²) >= 11 is 3.35. The predicted octanol–water partition coefficient (Wildman–Crippen LogP) is 4.18. The zero-order chi connectivity index (χ0) is 17.1. The van der Waals surface area contributed by atoms with Gasteiger partial charge in [0.15, 0.2) is 5.16 Å². The van der Waals surface area contributed by atoms with Crippen LogP contribution in [0.2, 0.25) is 0 Å². The van der Waals surface area contributed by atoms with Gasteiger partial charge in [-0.1, -0.05) is 29.1 Å². The van der Waals surface area contributed by atoms with Gasteiger partial charge in [0.2, 0.25) is 11.7 Å². The number of thiophene rings is 1. The van der Waals surface area contributed by atoms with E-state index in [4.69, 9.17) is 4.52 Å². The Morgan fingerprint density at radius 2 is 2.32 bits per heavy atom. The van der Waals surface area contributed by atoms with Crippen LogP contribution in [0.3, 0.4) is 0 Å². The summed E-state index contributed by atoms with van der Waals surface area (Å²) in [6, 6.07) is 3.99. The van der Waals surface area contributed by atoms with Crippen molar-refractivity contribution >= 4 is 23.1 Å². The van der Waals surface area contributed by atoms with E-state index in [1.165, 1.54) is 12.8 Å². The number of allylic oxidation sites excluding steroid dienone is 1. The first-order valence-electron chi connectivity index (χ1n) is 8.38. The van der Waals surface area contributed by atoms with E-state index < -0.39 is 0 Å². The van der Waals surface area contributed by atoms with Crippen LogP contribution in [0.4, 0.5) is 0 Å². The molecule has 1 fully saturated rings. The Hall–Kier alpha value is -1.93. The maximum absolute atomic E-state index is 5.34. The molecule has 0 saturated heterocycles. The number of thioether (sulfide) groups is 1. The van der Waals surface area contributed by atoms with E-state index in [0.717, 1.165) is 41.0 Å². The maximum Gasteiger partial charge on any atom is 0.227 e. The van der Waals surface area contributed by atoms with Crippen molar-refractivity contribution in [1.82, 2.24) is 24.9 Å². The maximum atomic E-state index is 5.34. The molecule has 1 aliphatic rings. The van der Waals surface area contributed by atoms with E-state index in [9.17, 15) is 0 Å². The van der Waals surface area contributed by atoms with Gasteiger partial charge in [0.05, 0.1) is 4.88 Å². The summed E-state index contributed by atoms with van der Waals surface area (Å²) in [6.07, 6.45) is 6.09. The van der Waals surface area contributed by atoms with Gasteiger partial charge in [-0.15, -0.1) is 28.1 Å². The number of aromatic nitrogens is 5. The van der Waals surface area contributed by atoms with E-state index >= 15 is 0 Å². The largest absolute Gasteiger partial charge is 0.339 e. The zero-order valence-corrected chi connectivity index (χ0v) is 15.4. The second-order valence-electron chi connectivity index (χ2n) is 5.96. The number of rotatable bonds is 9. The quantitative estimate of drug-likeness (QED) is 0.318. The van der Waals surface area contributed by atoms with Crippen molar-refractivity contribution in [2.24, 2.45) is 0 Å². The van der Waals surface area contributed by atoms with Crippen LogP contribution >= 0.6 is 23.1 Å². The summed E-state index contributed by atoms with van der Waals surface area (Å²) in [6.45, 7) is 4.62. The fraction of sp³-hybridized carbons (Fsp3) is 0.412. The molecule has 0 unspecified atom stereocenters. The molecule has 3 aromatic rings. The fourth-order valence-corrected chi connectivity index (χ4v) is 4.14. The van der Waals surface area contributed by atoms with E-state index in [2.05, 4.69) is 31.5 Å². The van der Waals surface area contributed by atoms with Gasteiger partial charge in [0.1, 0.15) is 5.82 Å². The number of aryl methyl sites for hydroxylation is 1. The highest BCUT2D eigenvalue weighted by Crippen LogP contribution is 2.40. The Balaban J connectivity index is 1.30. The molecule has 130 valence electrons. The number of nitrogens with zero attached hydrogens (tertiary/aromatic N) is 5. The van der Waals surface area contributed by atoms with Crippen LogP contribution in [0.15, 0.2) is 39.8 Å². The molecule has 0 amide bonds. The van der Waals surface area contributed by atoms with Gasteiger partial charge in [-0.3, -0.25) is 0 Å². The van der Waals surface area contributed by atoms with Crippen molar-refractivity contribution in [3.8, 4) is 10.7 Å². The second kappa shape index (κ2) is 7.53. The summed E-state index contributed by atoms with van der Waals surface area (Å²) < 4.78 is 7.53. The summed E-state index contributed by atoms with van der Waals surface area (Å²) in [4.78, 5) is 5.49. The monoisotopic (exact) mass is 373 g/mol. The first-order chi connectivity index (χ1) is 12.3. The number of hydrogen-bond acceptors (Lipinski definition) is 7. The Morgan fingerprint density at radius 1 is 1.40 bits per heavy atom. The highest BCUT2D eigenvalue weighted by Gasteiger charge is 2.30. The molecule has 3 heterocycles. The van der Waals surface area contributed by atoms with E-state index in [1.807, 2.05) is 23.6 Å². The van der Waals surface area contributed by atoms with Crippen LogP contribution in [0.25, 0.3) is 10.7 Å². The molecule has 0 aliphatic heterocycles. The highest BCUT2D eigenvalue weighted by atomic mass is 32.2. The van der Waals surface area contributed by atoms with Crippen LogP contribution in [-0.4, -0.2) is 30.7 Å². The second-order valence-corrected chi connectivity index (χ2v) is 7.97. The van der Waals surface area contributed by atoms with Gasteiger partial charge in [0, 0.05) is 24.6 Å². The molecular formula is C17H19N5OS2. The van der Waals surface area contributed by atoms with Gasteiger partial charge < -0.3 is 9.09 Å². The van der Waals surface area contributed by atoms with Crippen LogP contribution in [0, 0.1) is 0 Å². The molecule has 0 N–H and O–H groups in total. The predicted molar refractivity (Wildman–Crippen MR) is 98.9 cm³/mol. The van der Waals surface area contributed by atoms with Gasteiger partial charge in [-0.05, 0) is 30.7 Å². The molecule has 1 saturated carbocycles. The molecular weight excluding hydrogens is 354 g/mol. The standard InChI is InChI=1S/C17H19N5OS2/c1-2-9-22-16(12-7-8-12)19-20-17(22)25-11-4-6-14-18-15(21-23-14)13-5-3-10-24-13/h2-3,5,10,12H,1,4,6-9,11H2. The lowest BCUT2D eigenvalue weighted by Crippen LogP contribution is -2.03. The van der Waals surface area contributed by atoms with Gasteiger partial charge in [0.25, 0.3) is 0 Å². The van der Waals surface area contributed by atoms with Crippen LogP contribution in [-0.2, 0) is 13.0 Å². The van der Waals surface area contributed by atoms with Crippen molar-refractivity contribution in [1.29, 1.82) is 0 Å². The molecule has 6 nitrogen and oxygen atoms in total. The third-order valence-corrected chi connectivity index (χ3v) is 5.89. The fourth-order valence-electron chi connectivity index (χ4n) is 2.60. The molecule has 3 aromatic heterocycles. The van der Waals surface area contributed by atoms with Crippen molar-refractivity contribution in [2.75, 3.05) is 5.75 Å². The Kier molecular flexibility index (Phi) is 4.98. The Morgan fingerprint density at radius 3 is 3.08 bits per heavy atom. The molecule has 0 bridgehead atoms. The molecule has 8 heteroatoms. The first kappa shape index (κ1) is 16.5. The minimum absolute atomic E-state index is 0.593. The molecule has 0 atom stereocenters. The van der Waals surface area contributed by atoms with Crippen molar-refractivity contribution in [2.45, 2.75) is 43.3 Å². The lowest BCUT2D eigenvalue weighted by molar-refractivity contribution is 0.378. The molecule has 0 radical (unpaired) electrons. The molecule has 25 heavy (non-hydrogen) atoms. The van der Waals surface area contributed by atoms with Crippen molar-refractivity contribution in [3.05, 3.63) is 41.9 Å². The highest BCUT2D eigenvalue weighted by molar-refractivity contribution is 7.99. The van der Waals surface area contributed by atoms with Gasteiger partial charge in [-0.25, -0.2) is 0 Å². The van der Waals surface area contributed by atoms with E-state index in [0.29, 0.717) is 17.6 Å². The first-order valence-corrected chi connectivity index (χ1v) is 10.2. The van der Waals surface area contributed by atoms with Crippen molar-refractivity contribution in [3.63, 3.8) is 0 Å². The van der Waals surface area contributed by atoms with Crippen LogP contribution < -0.4 is 0 Å². The lowest BCUT2D eigenvalue weighted by Gasteiger charge is -2.06. The average Bonchev–Trinajstić information content (AvgIpc) is 3.05.